The summed E-state index contributed by atoms with van der Waals surface area (Å²) in [5, 5.41) is 5.90. The zero-order valence-electron chi connectivity index (χ0n) is 14.0. The predicted octanol–water partition coefficient (Wildman–Crippen LogP) is 4.67. The number of rotatable bonds is 5. The van der Waals surface area contributed by atoms with Crippen LogP contribution >= 0.6 is 0 Å². The minimum atomic E-state index is -2.93. The lowest BCUT2D eigenvalue weighted by Crippen LogP contribution is -2.14. The number of ether oxygens (including phenoxy) is 1. The molecule has 0 fully saturated rings. The number of hydrogen-bond donors (Lipinski definition) is 1. The molecule has 26 heavy (non-hydrogen) atoms. The highest BCUT2D eigenvalue weighted by atomic mass is 19.3. The van der Waals surface area contributed by atoms with Gasteiger partial charge in [-0.15, -0.1) is 0 Å². The first-order valence-corrected chi connectivity index (χ1v) is 7.70. The highest BCUT2D eigenvalue weighted by molar-refractivity contribution is 6.05. The summed E-state index contributed by atoms with van der Waals surface area (Å²) < 4.78 is 35.9. The van der Waals surface area contributed by atoms with Crippen molar-refractivity contribution < 1.29 is 22.8 Å². The maximum absolute atomic E-state index is 12.9. The van der Waals surface area contributed by atoms with Gasteiger partial charge in [0.05, 0.1) is 17.6 Å². The number of carbonyl (C=O) groups is 1. The Balaban J connectivity index is 1.70. The molecule has 0 bridgehead atoms. The molecule has 1 aromatic carbocycles. The van der Waals surface area contributed by atoms with E-state index in [2.05, 4.69) is 20.0 Å². The molecular formula is C18H15F2N3O3. The van der Waals surface area contributed by atoms with Gasteiger partial charge < -0.3 is 14.6 Å². The van der Waals surface area contributed by atoms with Gasteiger partial charge in [0, 0.05) is 6.07 Å². The summed E-state index contributed by atoms with van der Waals surface area (Å²) in [5.41, 5.74) is 1.24. The van der Waals surface area contributed by atoms with Crippen LogP contribution in [-0.2, 0) is 0 Å². The van der Waals surface area contributed by atoms with Gasteiger partial charge >= 0.3 is 0 Å². The van der Waals surface area contributed by atoms with E-state index in [0.29, 0.717) is 17.3 Å². The van der Waals surface area contributed by atoms with E-state index in [4.69, 9.17) is 4.74 Å². The summed E-state index contributed by atoms with van der Waals surface area (Å²) in [4.78, 5) is 16.3. The quantitative estimate of drug-likeness (QED) is 0.716. The van der Waals surface area contributed by atoms with Crippen LogP contribution in [0.2, 0.25) is 0 Å². The second-order valence-electron chi connectivity index (χ2n) is 5.56. The van der Waals surface area contributed by atoms with Crippen molar-refractivity contribution in [1.29, 1.82) is 0 Å². The van der Waals surface area contributed by atoms with Crippen LogP contribution in [0.4, 0.5) is 14.5 Å². The monoisotopic (exact) mass is 359 g/mol. The number of nitrogens with one attached hydrogen (secondary N) is 1. The lowest BCUT2D eigenvalue weighted by Gasteiger charge is -2.07. The standard InChI is InChI=1S/C18H15F2N3O3/c1-10-3-6-13(7-4-10)25-14-8-5-12(9-21-14)22-18(24)15-11(2)23-26-16(15)17(19)20/h3-9,17H,1-2H3,(H,22,24). The lowest BCUT2D eigenvalue weighted by atomic mass is 10.2. The van der Waals surface area contributed by atoms with Crippen LogP contribution in [0.5, 0.6) is 11.6 Å². The average Bonchev–Trinajstić information content (AvgIpc) is 3.00. The fourth-order valence-corrected chi connectivity index (χ4v) is 2.25. The van der Waals surface area contributed by atoms with E-state index >= 15 is 0 Å². The van der Waals surface area contributed by atoms with Crippen molar-refractivity contribution in [1.82, 2.24) is 10.1 Å². The Morgan fingerprint density at radius 1 is 1.15 bits per heavy atom. The Morgan fingerprint density at radius 2 is 1.88 bits per heavy atom. The number of aromatic nitrogens is 2. The number of pyridine rings is 1. The minimum absolute atomic E-state index is 0.0880. The van der Waals surface area contributed by atoms with Crippen molar-refractivity contribution in [2.24, 2.45) is 0 Å². The molecule has 1 amide bonds. The Morgan fingerprint density at radius 3 is 2.50 bits per heavy atom. The molecule has 0 aliphatic rings. The molecule has 3 rings (SSSR count). The number of amides is 1. The molecule has 0 spiro atoms. The van der Waals surface area contributed by atoms with Crippen LogP contribution in [-0.4, -0.2) is 16.0 Å². The molecule has 0 unspecified atom stereocenters. The molecule has 0 aliphatic heterocycles. The average molecular weight is 359 g/mol. The van der Waals surface area contributed by atoms with E-state index in [1.807, 2.05) is 31.2 Å². The highest BCUT2D eigenvalue weighted by Crippen LogP contribution is 2.26. The number of halogens is 2. The molecule has 8 heteroatoms. The molecule has 2 heterocycles. The third kappa shape index (κ3) is 3.85. The van der Waals surface area contributed by atoms with Gasteiger partial charge in [-0.1, -0.05) is 22.9 Å². The largest absolute Gasteiger partial charge is 0.439 e. The Hall–Kier alpha value is -3.29. The second-order valence-corrected chi connectivity index (χ2v) is 5.56. The van der Waals surface area contributed by atoms with Crippen LogP contribution in [0.1, 0.15) is 33.8 Å². The maximum atomic E-state index is 12.9. The number of hydrogen-bond acceptors (Lipinski definition) is 5. The summed E-state index contributed by atoms with van der Waals surface area (Å²) in [5.74, 6) is -0.539. The molecule has 0 aliphatic carbocycles. The van der Waals surface area contributed by atoms with Gasteiger partial charge in [0.15, 0.2) is 0 Å². The van der Waals surface area contributed by atoms with Gasteiger partial charge in [0.25, 0.3) is 12.3 Å². The number of benzene rings is 1. The lowest BCUT2D eigenvalue weighted by molar-refractivity contribution is 0.0966. The summed E-state index contributed by atoms with van der Waals surface area (Å²) >= 11 is 0. The van der Waals surface area contributed by atoms with E-state index in [-0.39, 0.29) is 11.3 Å². The van der Waals surface area contributed by atoms with Crippen LogP contribution in [0.15, 0.2) is 47.1 Å². The van der Waals surface area contributed by atoms with Gasteiger partial charge in [-0.05, 0) is 32.0 Å². The normalized spacial score (nSPS) is 10.8. The third-order valence-electron chi connectivity index (χ3n) is 3.55. The highest BCUT2D eigenvalue weighted by Gasteiger charge is 2.26. The van der Waals surface area contributed by atoms with E-state index in [1.165, 1.54) is 13.1 Å². The summed E-state index contributed by atoms with van der Waals surface area (Å²) in [7, 11) is 0. The van der Waals surface area contributed by atoms with Gasteiger partial charge in [-0.2, -0.15) is 0 Å². The molecule has 0 radical (unpaired) electrons. The first kappa shape index (κ1) is 17.5. The number of alkyl halides is 2. The zero-order valence-corrected chi connectivity index (χ0v) is 14.0. The minimum Gasteiger partial charge on any atom is -0.439 e. The fraction of sp³-hybridized carbons (Fsp3) is 0.167. The first-order chi connectivity index (χ1) is 12.4. The first-order valence-electron chi connectivity index (χ1n) is 7.70. The molecule has 1 N–H and O–H groups in total. The van der Waals surface area contributed by atoms with Gasteiger partial charge in [-0.25, -0.2) is 13.8 Å². The zero-order chi connectivity index (χ0) is 18.7. The van der Waals surface area contributed by atoms with Crippen molar-refractivity contribution in [3.05, 3.63) is 65.2 Å². The van der Waals surface area contributed by atoms with Crippen molar-refractivity contribution in [3.8, 4) is 11.6 Å². The summed E-state index contributed by atoms with van der Waals surface area (Å²) in [6.07, 6.45) is -1.56. The molecule has 134 valence electrons. The SMILES string of the molecule is Cc1ccc(Oc2ccc(NC(=O)c3c(C)noc3C(F)F)cn2)cc1. The number of nitrogens with zero attached hydrogens (tertiary/aromatic N) is 2. The van der Waals surface area contributed by atoms with Crippen LogP contribution in [0.3, 0.4) is 0 Å². The molecule has 3 aromatic rings. The van der Waals surface area contributed by atoms with Gasteiger partial charge in [-0.3, -0.25) is 4.79 Å². The van der Waals surface area contributed by atoms with Crippen molar-refractivity contribution in [2.45, 2.75) is 20.3 Å². The maximum Gasteiger partial charge on any atom is 0.298 e. The topological polar surface area (TPSA) is 77.2 Å². The van der Waals surface area contributed by atoms with E-state index < -0.39 is 18.1 Å². The van der Waals surface area contributed by atoms with Crippen molar-refractivity contribution in [3.63, 3.8) is 0 Å². The molecule has 2 aromatic heterocycles. The van der Waals surface area contributed by atoms with E-state index in [0.717, 1.165) is 5.56 Å². The fourth-order valence-electron chi connectivity index (χ4n) is 2.25. The Kier molecular flexibility index (Phi) is 4.92. The number of carbonyl (C=O) groups excluding carboxylic acids is 1. The summed E-state index contributed by atoms with van der Waals surface area (Å²) in [6.45, 7) is 3.39. The van der Waals surface area contributed by atoms with Crippen LogP contribution in [0.25, 0.3) is 0 Å². The van der Waals surface area contributed by atoms with Crippen molar-refractivity contribution >= 4 is 11.6 Å². The van der Waals surface area contributed by atoms with Gasteiger partial charge in [0.2, 0.25) is 11.6 Å². The molecular weight excluding hydrogens is 344 g/mol. The Labute approximate surface area is 147 Å². The smallest absolute Gasteiger partial charge is 0.298 e. The number of aryl methyl sites for hydroxylation is 2. The van der Waals surface area contributed by atoms with Gasteiger partial charge in [0.1, 0.15) is 11.3 Å². The molecule has 0 saturated carbocycles. The summed E-state index contributed by atoms with van der Waals surface area (Å²) in [6, 6.07) is 10.6. The van der Waals surface area contributed by atoms with E-state index in [1.54, 1.807) is 12.1 Å². The Bertz CT molecular complexity index is 906. The van der Waals surface area contributed by atoms with Crippen LogP contribution < -0.4 is 10.1 Å². The third-order valence-corrected chi connectivity index (χ3v) is 3.55. The molecule has 0 saturated heterocycles. The molecule has 6 nitrogen and oxygen atoms in total. The molecule has 0 atom stereocenters. The van der Waals surface area contributed by atoms with E-state index in [9.17, 15) is 13.6 Å². The van der Waals surface area contributed by atoms with Crippen molar-refractivity contribution in [2.75, 3.05) is 5.32 Å². The number of anilines is 1. The predicted molar refractivity (Wildman–Crippen MR) is 89.6 cm³/mol. The van der Waals surface area contributed by atoms with Crippen LogP contribution in [0, 0.1) is 13.8 Å². The second kappa shape index (κ2) is 7.30.